The lowest BCUT2D eigenvalue weighted by molar-refractivity contribution is -0.130. The molecule has 1 aromatic heterocycles. The van der Waals surface area contributed by atoms with E-state index >= 15 is 0 Å². The fourth-order valence-electron chi connectivity index (χ4n) is 2.83. The van der Waals surface area contributed by atoms with Crippen molar-refractivity contribution in [1.82, 2.24) is 20.9 Å². The molecule has 0 unspecified atom stereocenters. The molecule has 7 nitrogen and oxygen atoms in total. The summed E-state index contributed by atoms with van der Waals surface area (Å²) in [4.78, 5) is 39.7. The summed E-state index contributed by atoms with van der Waals surface area (Å²) in [6.07, 6.45) is 7.51. The Kier molecular flexibility index (Phi) is 7.37. The molecule has 1 aliphatic carbocycles. The summed E-state index contributed by atoms with van der Waals surface area (Å²) >= 11 is 0. The SMILES string of the molecule is C[C@@H](NC(=O)C1CCCC1)C(=O)NCCC(=O)NCc1cccnc1. The highest BCUT2D eigenvalue weighted by molar-refractivity contribution is 5.88. The van der Waals surface area contributed by atoms with Gasteiger partial charge in [-0.05, 0) is 31.4 Å². The molecule has 0 aliphatic heterocycles. The lowest BCUT2D eigenvalue weighted by atomic mass is 10.1. The molecule has 3 N–H and O–H groups in total. The highest BCUT2D eigenvalue weighted by Crippen LogP contribution is 2.24. The molecule has 1 aromatic rings. The number of nitrogens with one attached hydrogen (secondary N) is 3. The number of hydrogen-bond acceptors (Lipinski definition) is 4. The number of pyridine rings is 1. The predicted molar refractivity (Wildman–Crippen MR) is 93.3 cm³/mol. The lowest BCUT2D eigenvalue weighted by Crippen LogP contribution is -2.47. The van der Waals surface area contributed by atoms with Crippen molar-refractivity contribution in [2.75, 3.05) is 6.54 Å². The van der Waals surface area contributed by atoms with E-state index in [2.05, 4.69) is 20.9 Å². The summed E-state index contributed by atoms with van der Waals surface area (Å²) in [6, 6.07) is 3.10. The Labute approximate surface area is 148 Å². The van der Waals surface area contributed by atoms with Gasteiger partial charge in [-0.3, -0.25) is 19.4 Å². The molecule has 0 saturated heterocycles. The molecule has 0 radical (unpaired) electrons. The molecule has 1 atom stereocenters. The van der Waals surface area contributed by atoms with E-state index in [0.29, 0.717) is 6.54 Å². The summed E-state index contributed by atoms with van der Waals surface area (Å²) in [5, 5.41) is 8.20. The van der Waals surface area contributed by atoms with E-state index in [1.165, 1.54) is 0 Å². The van der Waals surface area contributed by atoms with Gasteiger partial charge in [-0.25, -0.2) is 0 Å². The van der Waals surface area contributed by atoms with E-state index in [9.17, 15) is 14.4 Å². The third-order valence-electron chi connectivity index (χ3n) is 4.34. The van der Waals surface area contributed by atoms with E-state index in [1.54, 1.807) is 19.3 Å². The Bertz CT molecular complexity index is 585. The molecule has 0 bridgehead atoms. The molecule has 2 rings (SSSR count). The number of nitrogens with zero attached hydrogens (tertiary/aromatic N) is 1. The van der Waals surface area contributed by atoms with Crippen molar-refractivity contribution in [1.29, 1.82) is 0 Å². The second-order valence-electron chi connectivity index (χ2n) is 6.39. The second-order valence-corrected chi connectivity index (χ2v) is 6.39. The van der Waals surface area contributed by atoms with Crippen LogP contribution in [0.3, 0.4) is 0 Å². The van der Waals surface area contributed by atoms with Crippen molar-refractivity contribution < 1.29 is 14.4 Å². The van der Waals surface area contributed by atoms with Crippen molar-refractivity contribution >= 4 is 17.7 Å². The average molecular weight is 346 g/mol. The number of amides is 3. The van der Waals surface area contributed by atoms with Crippen LogP contribution in [-0.2, 0) is 20.9 Å². The van der Waals surface area contributed by atoms with Gasteiger partial charge in [0.15, 0.2) is 0 Å². The smallest absolute Gasteiger partial charge is 0.242 e. The maximum atomic E-state index is 12.0. The Balaban J connectivity index is 1.60. The van der Waals surface area contributed by atoms with Gasteiger partial charge in [0, 0.05) is 37.8 Å². The molecule has 7 heteroatoms. The molecule has 25 heavy (non-hydrogen) atoms. The first-order valence-corrected chi connectivity index (χ1v) is 8.80. The molecule has 3 amide bonds. The zero-order chi connectivity index (χ0) is 18.1. The predicted octanol–water partition coefficient (Wildman–Crippen LogP) is 0.899. The fraction of sp³-hybridized carbons (Fsp3) is 0.556. The van der Waals surface area contributed by atoms with Gasteiger partial charge < -0.3 is 16.0 Å². The van der Waals surface area contributed by atoms with Crippen LogP contribution >= 0.6 is 0 Å². The van der Waals surface area contributed by atoms with Crippen LogP contribution in [-0.4, -0.2) is 35.3 Å². The third kappa shape index (κ3) is 6.52. The van der Waals surface area contributed by atoms with Crippen molar-refractivity contribution in [2.45, 2.75) is 51.6 Å². The minimum Gasteiger partial charge on any atom is -0.354 e. The van der Waals surface area contributed by atoms with Crippen LogP contribution in [0.1, 0.15) is 44.6 Å². The number of carbonyl (C=O) groups is 3. The second kappa shape index (κ2) is 9.76. The minimum atomic E-state index is -0.591. The van der Waals surface area contributed by atoms with Crippen molar-refractivity contribution in [3.8, 4) is 0 Å². The molecule has 136 valence electrons. The molecule has 1 aliphatic rings. The van der Waals surface area contributed by atoms with Crippen LogP contribution < -0.4 is 16.0 Å². The van der Waals surface area contributed by atoms with Gasteiger partial charge >= 0.3 is 0 Å². The van der Waals surface area contributed by atoms with Gasteiger partial charge in [-0.1, -0.05) is 18.9 Å². The largest absolute Gasteiger partial charge is 0.354 e. The summed E-state index contributed by atoms with van der Waals surface area (Å²) in [6.45, 7) is 2.31. The van der Waals surface area contributed by atoms with Gasteiger partial charge in [0.05, 0.1) is 0 Å². The first-order chi connectivity index (χ1) is 12.1. The first kappa shape index (κ1) is 18.9. The number of aromatic nitrogens is 1. The standard InChI is InChI=1S/C18H26N4O3/c1-13(22-18(25)15-6-2-3-7-15)17(24)20-10-8-16(23)21-12-14-5-4-9-19-11-14/h4-5,9,11,13,15H,2-3,6-8,10,12H2,1H3,(H,20,24)(H,21,23)(H,22,25)/t13-/m1/s1. The van der Waals surface area contributed by atoms with Crippen LogP contribution in [0.5, 0.6) is 0 Å². The van der Waals surface area contributed by atoms with Crippen LogP contribution in [0.2, 0.25) is 0 Å². The van der Waals surface area contributed by atoms with Crippen LogP contribution in [0.25, 0.3) is 0 Å². The van der Waals surface area contributed by atoms with E-state index in [-0.39, 0.29) is 36.6 Å². The van der Waals surface area contributed by atoms with Crippen LogP contribution in [0, 0.1) is 5.92 Å². The van der Waals surface area contributed by atoms with Gasteiger partial charge in [0.25, 0.3) is 0 Å². The van der Waals surface area contributed by atoms with Crippen molar-refractivity contribution in [3.63, 3.8) is 0 Å². The molecule has 0 spiro atoms. The lowest BCUT2D eigenvalue weighted by Gasteiger charge is -2.16. The normalized spacial score (nSPS) is 15.4. The third-order valence-corrected chi connectivity index (χ3v) is 4.34. The zero-order valence-electron chi connectivity index (χ0n) is 14.6. The van der Waals surface area contributed by atoms with Crippen LogP contribution in [0.15, 0.2) is 24.5 Å². The maximum Gasteiger partial charge on any atom is 0.242 e. The topological polar surface area (TPSA) is 100 Å². The van der Waals surface area contributed by atoms with Crippen molar-refractivity contribution in [2.24, 2.45) is 5.92 Å². The van der Waals surface area contributed by atoms with E-state index in [0.717, 1.165) is 31.2 Å². The van der Waals surface area contributed by atoms with E-state index in [4.69, 9.17) is 0 Å². The first-order valence-electron chi connectivity index (χ1n) is 8.80. The highest BCUT2D eigenvalue weighted by atomic mass is 16.2. The Morgan fingerprint density at radius 2 is 2.00 bits per heavy atom. The molecule has 1 saturated carbocycles. The Morgan fingerprint density at radius 3 is 2.68 bits per heavy atom. The number of hydrogen-bond donors (Lipinski definition) is 3. The van der Waals surface area contributed by atoms with E-state index in [1.807, 2.05) is 12.1 Å². The summed E-state index contributed by atoms with van der Waals surface area (Å²) in [5.41, 5.74) is 0.920. The zero-order valence-corrected chi connectivity index (χ0v) is 14.6. The Hall–Kier alpha value is -2.44. The van der Waals surface area contributed by atoms with Gasteiger partial charge in [-0.2, -0.15) is 0 Å². The molecular formula is C18H26N4O3. The quantitative estimate of drug-likeness (QED) is 0.651. The monoisotopic (exact) mass is 346 g/mol. The fourth-order valence-corrected chi connectivity index (χ4v) is 2.83. The molecular weight excluding hydrogens is 320 g/mol. The molecule has 1 heterocycles. The highest BCUT2D eigenvalue weighted by Gasteiger charge is 2.25. The van der Waals surface area contributed by atoms with Crippen LogP contribution in [0.4, 0.5) is 0 Å². The summed E-state index contributed by atoms with van der Waals surface area (Å²) < 4.78 is 0. The van der Waals surface area contributed by atoms with Crippen molar-refractivity contribution in [3.05, 3.63) is 30.1 Å². The summed E-state index contributed by atoms with van der Waals surface area (Å²) in [5.74, 6) is -0.430. The molecule has 1 fully saturated rings. The van der Waals surface area contributed by atoms with Gasteiger partial charge in [-0.15, -0.1) is 0 Å². The average Bonchev–Trinajstić information content (AvgIpc) is 3.15. The van der Waals surface area contributed by atoms with Gasteiger partial charge in [0.1, 0.15) is 6.04 Å². The number of carbonyl (C=O) groups excluding carboxylic acids is 3. The summed E-state index contributed by atoms with van der Waals surface area (Å²) in [7, 11) is 0. The van der Waals surface area contributed by atoms with E-state index < -0.39 is 6.04 Å². The minimum absolute atomic E-state index is 0.0357. The maximum absolute atomic E-state index is 12.0. The number of rotatable bonds is 8. The molecule has 0 aromatic carbocycles. The van der Waals surface area contributed by atoms with Gasteiger partial charge in [0.2, 0.25) is 17.7 Å². The Morgan fingerprint density at radius 1 is 1.24 bits per heavy atom.